The molecule has 0 spiro atoms. The Morgan fingerprint density at radius 3 is 2.00 bits per heavy atom. The SMILES string of the molecule is CCCCC[N+]1(CCC)CCCCC1.[Cl-]. The highest BCUT2D eigenvalue weighted by Crippen LogP contribution is 2.20. The van der Waals surface area contributed by atoms with E-state index in [1.807, 2.05) is 0 Å². The van der Waals surface area contributed by atoms with Gasteiger partial charge in [-0.25, -0.2) is 0 Å². The third-order valence-electron chi connectivity index (χ3n) is 3.70. The molecule has 92 valence electrons. The van der Waals surface area contributed by atoms with Crippen LogP contribution in [0.2, 0.25) is 0 Å². The van der Waals surface area contributed by atoms with E-state index in [1.54, 1.807) is 0 Å². The van der Waals surface area contributed by atoms with Gasteiger partial charge in [0.2, 0.25) is 0 Å². The van der Waals surface area contributed by atoms with Crippen LogP contribution in [0.4, 0.5) is 0 Å². The molecule has 1 heterocycles. The van der Waals surface area contributed by atoms with Crippen LogP contribution in [0.15, 0.2) is 0 Å². The summed E-state index contributed by atoms with van der Waals surface area (Å²) in [4.78, 5) is 0. The largest absolute Gasteiger partial charge is 1.00 e. The van der Waals surface area contributed by atoms with Crippen LogP contribution < -0.4 is 12.4 Å². The average molecular weight is 234 g/mol. The fourth-order valence-electron chi connectivity index (χ4n) is 2.91. The van der Waals surface area contributed by atoms with Crippen molar-refractivity contribution in [3.05, 3.63) is 0 Å². The zero-order valence-electron chi connectivity index (χ0n) is 10.6. The molecule has 15 heavy (non-hydrogen) atoms. The monoisotopic (exact) mass is 233 g/mol. The summed E-state index contributed by atoms with van der Waals surface area (Å²) in [5.41, 5.74) is 0. The van der Waals surface area contributed by atoms with Crippen molar-refractivity contribution in [2.24, 2.45) is 0 Å². The summed E-state index contributed by atoms with van der Waals surface area (Å²) in [5.74, 6) is 0. The number of nitrogens with zero attached hydrogens (tertiary/aromatic N) is 1. The molecule has 0 N–H and O–H groups in total. The molecular weight excluding hydrogens is 206 g/mol. The summed E-state index contributed by atoms with van der Waals surface area (Å²) >= 11 is 0. The van der Waals surface area contributed by atoms with Crippen LogP contribution in [0.3, 0.4) is 0 Å². The molecule has 0 aromatic heterocycles. The van der Waals surface area contributed by atoms with Crippen molar-refractivity contribution in [3.63, 3.8) is 0 Å². The van der Waals surface area contributed by atoms with Gasteiger partial charge >= 0.3 is 0 Å². The molecule has 0 bridgehead atoms. The van der Waals surface area contributed by atoms with E-state index >= 15 is 0 Å². The smallest absolute Gasteiger partial charge is 0.0786 e. The number of likely N-dealkylation sites (tertiary alicyclic amines) is 1. The fraction of sp³-hybridized carbons (Fsp3) is 1.00. The van der Waals surface area contributed by atoms with Crippen LogP contribution in [0.25, 0.3) is 0 Å². The zero-order chi connectivity index (χ0) is 10.3. The minimum absolute atomic E-state index is 0. The van der Waals surface area contributed by atoms with E-state index in [0.29, 0.717) is 0 Å². The van der Waals surface area contributed by atoms with E-state index in [0.717, 1.165) is 0 Å². The molecule has 1 nitrogen and oxygen atoms in total. The molecule has 1 fully saturated rings. The first kappa shape index (κ1) is 15.2. The van der Waals surface area contributed by atoms with Gasteiger partial charge in [-0.15, -0.1) is 0 Å². The molecular formula is C13H28ClN. The molecule has 0 saturated carbocycles. The van der Waals surface area contributed by atoms with Crippen LogP contribution in [0, 0.1) is 0 Å². The minimum Gasteiger partial charge on any atom is -1.00 e. The van der Waals surface area contributed by atoms with Crippen molar-refractivity contribution in [2.45, 2.75) is 58.8 Å². The third-order valence-corrected chi connectivity index (χ3v) is 3.70. The van der Waals surface area contributed by atoms with Gasteiger partial charge in [-0.2, -0.15) is 0 Å². The van der Waals surface area contributed by atoms with Gasteiger partial charge in [0.15, 0.2) is 0 Å². The first-order chi connectivity index (χ1) is 6.83. The number of hydrogen-bond acceptors (Lipinski definition) is 0. The topological polar surface area (TPSA) is 0 Å². The van der Waals surface area contributed by atoms with Gasteiger partial charge in [0.25, 0.3) is 0 Å². The highest BCUT2D eigenvalue weighted by molar-refractivity contribution is 4.54. The Balaban J connectivity index is 0.00000196. The van der Waals surface area contributed by atoms with Crippen LogP contribution in [-0.4, -0.2) is 30.7 Å². The van der Waals surface area contributed by atoms with Crippen molar-refractivity contribution in [2.75, 3.05) is 26.2 Å². The maximum atomic E-state index is 2.34. The molecule has 0 amide bonds. The third kappa shape index (κ3) is 5.21. The van der Waals surface area contributed by atoms with Gasteiger partial charge < -0.3 is 16.9 Å². The lowest BCUT2D eigenvalue weighted by molar-refractivity contribution is -0.932. The molecule has 0 atom stereocenters. The predicted octanol–water partition coefficient (Wildman–Crippen LogP) is 0.591. The molecule has 0 aliphatic carbocycles. The van der Waals surface area contributed by atoms with Crippen molar-refractivity contribution >= 4 is 0 Å². The average Bonchev–Trinajstić information content (AvgIpc) is 2.20. The first-order valence-corrected chi connectivity index (χ1v) is 6.68. The molecule has 0 aromatic rings. The summed E-state index contributed by atoms with van der Waals surface area (Å²) in [7, 11) is 0. The van der Waals surface area contributed by atoms with Gasteiger partial charge in [-0.3, -0.25) is 0 Å². The van der Waals surface area contributed by atoms with Crippen molar-refractivity contribution in [1.82, 2.24) is 0 Å². The van der Waals surface area contributed by atoms with Crippen LogP contribution in [0.5, 0.6) is 0 Å². The number of piperidine rings is 1. The summed E-state index contributed by atoms with van der Waals surface area (Å²) in [6, 6.07) is 0. The van der Waals surface area contributed by atoms with Gasteiger partial charge in [0.05, 0.1) is 26.2 Å². The van der Waals surface area contributed by atoms with E-state index in [9.17, 15) is 0 Å². The van der Waals surface area contributed by atoms with Crippen molar-refractivity contribution in [3.8, 4) is 0 Å². The standard InChI is InChI=1S/C13H28N.ClH/c1-3-5-7-11-14(10-4-2)12-8-6-9-13-14;/h3-13H2,1-2H3;1H/q+1;/p-1. The van der Waals surface area contributed by atoms with Crippen molar-refractivity contribution < 1.29 is 16.9 Å². The Kier molecular flexibility index (Phi) is 8.55. The quantitative estimate of drug-likeness (QED) is 0.466. The molecule has 1 saturated heterocycles. The Morgan fingerprint density at radius 1 is 0.800 bits per heavy atom. The number of halogens is 1. The number of quaternary nitrogens is 1. The van der Waals surface area contributed by atoms with E-state index in [-0.39, 0.29) is 12.4 Å². The first-order valence-electron chi connectivity index (χ1n) is 6.68. The lowest BCUT2D eigenvalue weighted by atomic mass is 10.1. The van der Waals surface area contributed by atoms with Crippen LogP contribution in [0.1, 0.15) is 58.8 Å². The van der Waals surface area contributed by atoms with Gasteiger partial charge in [0, 0.05) is 0 Å². The maximum absolute atomic E-state index is 2.34. The number of rotatable bonds is 6. The Hall–Kier alpha value is 0.250. The summed E-state index contributed by atoms with van der Waals surface area (Å²) in [6.07, 6.45) is 10.1. The fourth-order valence-corrected chi connectivity index (χ4v) is 2.91. The summed E-state index contributed by atoms with van der Waals surface area (Å²) in [6.45, 7) is 10.5. The lowest BCUT2D eigenvalue weighted by Crippen LogP contribution is -3.00. The second kappa shape index (κ2) is 8.41. The minimum atomic E-state index is 0. The van der Waals surface area contributed by atoms with E-state index < -0.39 is 0 Å². The second-order valence-electron chi connectivity index (χ2n) is 5.00. The Bertz CT molecular complexity index is 136. The zero-order valence-corrected chi connectivity index (χ0v) is 11.4. The van der Waals surface area contributed by atoms with E-state index in [1.165, 1.54) is 75.6 Å². The number of unbranched alkanes of at least 4 members (excludes halogenated alkanes) is 2. The molecule has 1 aliphatic rings. The lowest BCUT2D eigenvalue weighted by Gasteiger charge is -2.41. The highest BCUT2D eigenvalue weighted by Gasteiger charge is 2.27. The van der Waals surface area contributed by atoms with Crippen LogP contribution in [-0.2, 0) is 0 Å². The van der Waals surface area contributed by atoms with Crippen molar-refractivity contribution in [1.29, 1.82) is 0 Å². The van der Waals surface area contributed by atoms with Gasteiger partial charge in [-0.05, 0) is 38.5 Å². The van der Waals surface area contributed by atoms with E-state index in [4.69, 9.17) is 0 Å². The van der Waals surface area contributed by atoms with Gasteiger partial charge in [-0.1, -0.05) is 20.3 Å². The normalized spacial score (nSPS) is 19.6. The molecule has 0 aromatic carbocycles. The molecule has 1 aliphatic heterocycles. The second-order valence-corrected chi connectivity index (χ2v) is 5.00. The number of hydrogen-bond donors (Lipinski definition) is 0. The Morgan fingerprint density at radius 2 is 1.47 bits per heavy atom. The molecule has 0 unspecified atom stereocenters. The van der Waals surface area contributed by atoms with Gasteiger partial charge in [0.1, 0.15) is 0 Å². The van der Waals surface area contributed by atoms with Crippen LogP contribution >= 0.6 is 0 Å². The highest BCUT2D eigenvalue weighted by atomic mass is 35.5. The predicted molar refractivity (Wildman–Crippen MR) is 63.4 cm³/mol. The summed E-state index contributed by atoms with van der Waals surface area (Å²) < 4.78 is 1.45. The molecule has 0 radical (unpaired) electrons. The summed E-state index contributed by atoms with van der Waals surface area (Å²) in [5, 5.41) is 0. The molecule has 2 heteroatoms. The Labute approximate surface area is 102 Å². The molecule has 1 rings (SSSR count). The van der Waals surface area contributed by atoms with E-state index in [2.05, 4.69) is 13.8 Å². The maximum Gasteiger partial charge on any atom is 0.0786 e.